The fraction of sp³-hybridized carbons (Fsp3) is 0.571. The summed E-state index contributed by atoms with van der Waals surface area (Å²) in [4.78, 5) is 2.55. The molecule has 1 fully saturated rings. The Morgan fingerprint density at radius 1 is 1.18 bits per heavy atom. The van der Waals surface area contributed by atoms with E-state index >= 15 is 0 Å². The number of hydrogen-bond acceptors (Lipinski definition) is 2. The van der Waals surface area contributed by atoms with Crippen LogP contribution in [0.5, 0.6) is 5.75 Å². The highest BCUT2D eigenvalue weighted by atomic mass is 79.9. The second-order valence-corrected chi connectivity index (χ2v) is 5.48. The van der Waals surface area contributed by atoms with Crippen LogP contribution < -0.4 is 4.74 Å². The van der Waals surface area contributed by atoms with Crippen LogP contribution in [0.2, 0.25) is 0 Å². The van der Waals surface area contributed by atoms with Crippen LogP contribution in [-0.4, -0.2) is 31.1 Å². The van der Waals surface area contributed by atoms with Crippen LogP contribution in [-0.2, 0) is 0 Å². The number of halogens is 1. The zero-order valence-electron chi connectivity index (χ0n) is 10.2. The van der Waals surface area contributed by atoms with Gasteiger partial charge in [0, 0.05) is 4.47 Å². The summed E-state index contributed by atoms with van der Waals surface area (Å²) in [5.41, 5.74) is 0. The predicted molar refractivity (Wildman–Crippen MR) is 74.5 cm³/mol. The summed E-state index contributed by atoms with van der Waals surface area (Å²) < 4.78 is 6.78. The molecule has 17 heavy (non-hydrogen) atoms. The number of nitrogens with zero attached hydrogens (tertiary/aromatic N) is 1. The highest BCUT2D eigenvalue weighted by Crippen LogP contribution is 2.18. The van der Waals surface area contributed by atoms with Crippen LogP contribution in [0.25, 0.3) is 0 Å². The van der Waals surface area contributed by atoms with Crippen molar-refractivity contribution in [3.8, 4) is 5.75 Å². The van der Waals surface area contributed by atoms with Gasteiger partial charge in [-0.2, -0.15) is 0 Å². The van der Waals surface area contributed by atoms with Gasteiger partial charge < -0.3 is 9.64 Å². The summed E-state index contributed by atoms with van der Waals surface area (Å²) in [6.07, 6.45) is 5.15. The van der Waals surface area contributed by atoms with E-state index in [2.05, 4.69) is 20.8 Å². The van der Waals surface area contributed by atoms with E-state index < -0.39 is 0 Å². The summed E-state index contributed by atoms with van der Waals surface area (Å²) in [5, 5.41) is 0. The molecule has 0 aliphatic carbocycles. The molecule has 1 aliphatic heterocycles. The number of benzene rings is 1. The third-order valence-corrected chi connectivity index (χ3v) is 3.63. The number of hydrogen-bond donors (Lipinski definition) is 0. The fourth-order valence-corrected chi connectivity index (χ4v) is 2.57. The van der Waals surface area contributed by atoms with Gasteiger partial charge >= 0.3 is 0 Å². The SMILES string of the molecule is Brc1cccc(OCCCCN2CCCC2)c1. The minimum Gasteiger partial charge on any atom is -0.494 e. The van der Waals surface area contributed by atoms with Crippen molar-refractivity contribution in [1.29, 1.82) is 0 Å². The van der Waals surface area contributed by atoms with Crippen LogP contribution in [0.1, 0.15) is 25.7 Å². The summed E-state index contributed by atoms with van der Waals surface area (Å²) in [5.74, 6) is 0.959. The summed E-state index contributed by atoms with van der Waals surface area (Å²) in [6, 6.07) is 8.04. The van der Waals surface area contributed by atoms with Crippen molar-refractivity contribution in [2.24, 2.45) is 0 Å². The van der Waals surface area contributed by atoms with E-state index in [-0.39, 0.29) is 0 Å². The molecule has 0 N–H and O–H groups in total. The van der Waals surface area contributed by atoms with Gasteiger partial charge in [0.15, 0.2) is 0 Å². The molecular formula is C14H20BrNO. The predicted octanol–water partition coefficient (Wildman–Crippen LogP) is 3.70. The highest BCUT2D eigenvalue weighted by Gasteiger charge is 2.09. The maximum absolute atomic E-state index is 5.70. The monoisotopic (exact) mass is 297 g/mol. The van der Waals surface area contributed by atoms with Crippen LogP contribution in [0.15, 0.2) is 28.7 Å². The van der Waals surface area contributed by atoms with E-state index in [1.54, 1.807) is 0 Å². The van der Waals surface area contributed by atoms with Crippen LogP contribution in [0.3, 0.4) is 0 Å². The highest BCUT2D eigenvalue weighted by molar-refractivity contribution is 9.10. The van der Waals surface area contributed by atoms with Gasteiger partial charge in [-0.05, 0) is 63.5 Å². The molecule has 1 aromatic rings. The Balaban J connectivity index is 1.56. The number of ether oxygens (including phenoxy) is 1. The van der Waals surface area contributed by atoms with Crippen molar-refractivity contribution >= 4 is 15.9 Å². The van der Waals surface area contributed by atoms with E-state index in [4.69, 9.17) is 4.74 Å². The Hall–Kier alpha value is -0.540. The molecule has 2 rings (SSSR count). The molecule has 2 nitrogen and oxygen atoms in total. The van der Waals surface area contributed by atoms with E-state index in [1.807, 2.05) is 24.3 Å². The lowest BCUT2D eigenvalue weighted by molar-refractivity contribution is 0.279. The maximum atomic E-state index is 5.70. The summed E-state index contributed by atoms with van der Waals surface area (Å²) in [6.45, 7) is 4.66. The lowest BCUT2D eigenvalue weighted by Crippen LogP contribution is -2.20. The quantitative estimate of drug-likeness (QED) is 0.742. The van der Waals surface area contributed by atoms with Crippen molar-refractivity contribution in [2.75, 3.05) is 26.2 Å². The standard InChI is InChI=1S/C14H20BrNO/c15-13-6-5-7-14(12-13)17-11-4-3-10-16-8-1-2-9-16/h5-7,12H,1-4,8-11H2. The van der Waals surface area contributed by atoms with Gasteiger partial charge in [-0.25, -0.2) is 0 Å². The molecule has 0 unspecified atom stereocenters. The number of unbranched alkanes of at least 4 members (excludes halogenated alkanes) is 1. The molecule has 0 radical (unpaired) electrons. The molecule has 0 aromatic heterocycles. The zero-order valence-corrected chi connectivity index (χ0v) is 11.8. The first kappa shape index (κ1) is 12.9. The third kappa shape index (κ3) is 4.68. The molecule has 94 valence electrons. The maximum Gasteiger partial charge on any atom is 0.120 e. The minimum absolute atomic E-state index is 0.824. The van der Waals surface area contributed by atoms with Crippen molar-refractivity contribution < 1.29 is 4.74 Å². The van der Waals surface area contributed by atoms with E-state index in [0.29, 0.717) is 0 Å². The molecule has 1 aliphatic rings. The Labute approximate surface area is 112 Å². The molecule has 0 spiro atoms. The molecule has 0 saturated carbocycles. The topological polar surface area (TPSA) is 12.5 Å². The fourth-order valence-electron chi connectivity index (χ4n) is 2.19. The average molecular weight is 298 g/mol. The zero-order chi connectivity index (χ0) is 11.9. The largest absolute Gasteiger partial charge is 0.494 e. The van der Waals surface area contributed by atoms with Crippen molar-refractivity contribution in [3.05, 3.63) is 28.7 Å². The van der Waals surface area contributed by atoms with Gasteiger partial charge in [0.2, 0.25) is 0 Å². The van der Waals surface area contributed by atoms with Gasteiger partial charge in [0.25, 0.3) is 0 Å². The van der Waals surface area contributed by atoms with Crippen molar-refractivity contribution in [2.45, 2.75) is 25.7 Å². The first-order valence-corrected chi connectivity index (χ1v) is 7.24. The van der Waals surface area contributed by atoms with Gasteiger partial charge in [0.05, 0.1) is 6.61 Å². The number of likely N-dealkylation sites (tertiary alicyclic amines) is 1. The first-order chi connectivity index (χ1) is 8.34. The van der Waals surface area contributed by atoms with Crippen LogP contribution in [0.4, 0.5) is 0 Å². The van der Waals surface area contributed by atoms with Crippen molar-refractivity contribution in [3.63, 3.8) is 0 Å². The molecule has 1 heterocycles. The molecule has 0 amide bonds. The van der Waals surface area contributed by atoms with Crippen molar-refractivity contribution in [1.82, 2.24) is 4.90 Å². The summed E-state index contributed by atoms with van der Waals surface area (Å²) in [7, 11) is 0. The Morgan fingerprint density at radius 2 is 2.00 bits per heavy atom. The van der Waals surface area contributed by atoms with Crippen LogP contribution in [0, 0.1) is 0 Å². The average Bonchev–Trinajstić information content (AvgIpc) is 2.82. The Morgan fingerprint density at radius 3 is 2.76 bits per heavy atom. The molecule has 3 heteroatoms. The van der Waals surface area contributed by atoms with E-state index in [1.165, 1.54) is 38.9 Å². The smallest absolute Gasteiger partial charge is 0.120 e. The van der Waals surface area contributed by atoms with Gasteiger partial charge in [-0.1, -0.05) is 22.0 Å². The van der Waals surface area contributed by atoms with Gasteiger partial charge in [-0.3, -0.25) is 0 Å². The van der Waals surface area contributed by atoms with Gasteiger partial charge in [-0.15, -0.1) is 0 Å². The molecule has 0 bridgehead atoms. The first-order valence-electron chi connectivity index (χ1n) is 6.45. The third-order valence-electron chi connectivity index (χ3n) is 3.13. The number of rotatable bonds is 6. The molecular weight excluding hydrogens is 278 g/mol. The lowest BCUT2D eigenvalue weighted by Gasteiger charge is -2.14. The Kier molecular flexibility index (Phi) is 5.33. The lowest BCUT2D eigenvalue weighted by atomic mass is 10.3. The van der Waals surface area contributed by atoms with Crippen LogP contribution >= 0.6 is 15.9 Å². The van der Waals surface area contributed by atoms with E-state index in [9.17, 15) is 0 Å². The Bertz CT molecular complexity index is 337. The second-order valence-electron chi connectivity index (χ2n) is 4.56. The van der Waals surface area contributed by atoms with E-state index in [0.717, 1.165) is 23.2 Å². The molecule has 1 aromatic carbocycles. The van der Waals surface area contributed by atoms with Gasteiger partial charge in [0.1, 0.15) is 5.75 Å². The molecule has 1 saturated heterocycles. The molecule has 0 atom stereocenters. The second kappa shape index (κ2) is 7.02. The minimum atomic E-state index is 0.824. The summed E-state index contributed by atoms with van der Waals surface area (Å²) >= 11 is 3.44. The normalized spacial score (nSPS) is 16.3.